The molecule has 1 rings (SSSR count). The maximum Gasteiger partial charge on any atom is 0.316 e. The van der Waals surface area contributed by atoms with Gasteiger partial charge >= 0.3 is 5.97 Å². The van der Waals surface area contributed by atoms with E-state index in [0.717, 1.165) is 0 Å². The number of halogens is 1. The number of esters is 1. The van der Waals surface area contributed by atoms with Crippen molar-refractivity contribution in [2.75, 3.05) is 14.2 Å². The highest BCUT2D eigenvalue weighted by atomic mass is 19.1. The summed E-state index contributed by atoms with van der Waals surface area (Å²) in [5.74, 6) is 3.83. The number of hydrogen-bond donors (Lipinski definition) is 1. The highest BCUT2D eigenvalue weighted by Gasteiger charge is 2.34. The fourth-order valence-electron chi connectivity index (χ4n) is 1.55. The van der Waals surface area contributed by atoms with E-state index in [-0.39, 0.29) is 0 Å². The van der Waals surface area contributed by atoms with E-state index in [9.17, 15) is 9.18 Å². The highest BCUT2D eigenvalue weighted by Crippen LogP contribution is 2.31. The molecule has 0 amide bonds. The van der Waals surface area contributed by atoms with Gasteiger partial charge in [0.25, 0.3) is 0 Å². The molecular formula is C11H15FN2O2. The molecular weight excluding hydrogens is 211 g/mol. The Morgan fingerprint density at radius 2 is 2.38 bits per heavy atom. The molecule has 0 fully saturated rings. The summed E-state index contributed by atoms with van der Waals surface area (Å²) in [7, 11) is 2.81. The fourth-order valence-corrected chi connectivity index (χ4v) is 1.55. The molecule has 16 heavy (non-hydrogen) atoms. The number of nitrogens with two attached hydrogens (primary N) is 1. The van der Waals surface area contributed by atoms with Gasteiger partial charge in [-0.3, -0.25) is 4.79 Å². The first-order valence-electron chi connectivity index (χ1n) is 4.76. The van der Waals surface area contributed by atoms with Gasteiger partial charge in [0.2, 0.25) is 0 Å². The zero-order valence-corrected chi connectivity index (χ0v) is 9.31. The van der Waals surface area contributed by atoms with E-state index < -0.39 is 18.1 Å². The van der Waals surface area contributed by atoms with Crippen molar-refractivity contribution in [2.24, 2.45) is 11.8 Å². The molecule has 88 valence electrons. The zero-order chi connectivity index (χ0) is 12.3. The molecule has 5 heteroatoms. The van der Waals surface area contributed by atoms with Crippen LogP contribution in [0.4, 0.5) is 4.39 Å². The second kappa shape index (κ2) is 4.94. The fraction of sp³-hybridized carbons (Fsp3) is 0.364. The van der Waals surface area contributed by atoms with Gasteiger partial charge in [0, 0.05) is 13.2 Å². The van der Waals surface area contributed by atoms with Crippen molar-refractivity contribution >= 4 is 5.97 Å². The number of carbonyl (C=O) groups excluding carboxylic acids is 1. The van der Waals surface area contributed by atoms with Crippen LogP contribution >= 0.6 is 0 Å². The molecule has 0 saturated carbocycles. The topological polar surface area (TPSA) is 55.6 Å². The molecule has 0 aromatic rings. The van der Waals surface area contributed by atoms with E-state index in [1.165, 1.54) is 30.5 Å². The van der Waals surface area contributed by atoms with E-state index in [4.69, 9.17) is 5.84 Å². The van der Waals surface area contributed by atoms with E-state index in [1.807, 2.05) is 0 Å². The van der Waals surface area contributed by atoms with Gasteiger partial charge in [-0.15, -0.1) is 0 Å². The van der Waals surface area contributed by atoms with Gasteiger partial charge in [-0.05, 0) is 17.2 Å². The molecule has 0 heterocycles. The molecule has 0 aromatic heterocycles. The van der Waals surface area contributed by atoms with Crippen LogP contribution in [0.15, 0.2) is 36.1 Å². The third kappa shape index (κ3) is 2.49. The Kier molecular flexibility index (Phi) is 3.84. The largest absolute Gasteiger partial charge is 0.468 e. The second-order valence-electron chi connectivity index (χ2n) is 3.58. The average molecular weight is 226 g/mol. The van der Waals surface area contributed by atoms with Crippen molar-refractivity contribution < 1.29 is 13.9 Å². The number of hydrazine groups is 1. The summed E-state index contributed by atoms with van der Waals surface area (Å²) in [4.78, 5) is 11.5. The lowest BCUT2D eigenvalue weighted by atomic mass is 9.85. The van der Waals surface area contributed by atoms with Crippen LogP contribution in [-0.4, -0.2) is 31.3 Å². The van der Waals surface area contributed by atoms with Gasteiger partial charge in [-0.25, -0.2) is 10.2 Å². The number of hydrogen-bond acceptors (Lipinski definition) is 4. The predicted molar refractivity (Wildman–Crippen MR) is 58.7 cm³/mol. The second-order valence-corrected chi connectivity index (χ2v) is 3.58. The first-order chi connectivity index (χ1) is 7.47. The minimum Gasteiger partial charge on any atom is -0.468 e. The molecule has 0 aromatic carbocycles. The number of carbonyl (C=O) groups is 1. The van der Waals surface area contributed by atoms with Crippen LogP contribution in [0.1, 0.15) is 0 Å². The zero-order valence-electron chi connectivity index (χ0n) is 9.31. The lowest BCUT2D eigenvalue weighted by Gasteiger charge is -2.25. The third-order valence-corrected chi connectivity index (χ3v) is 2.30. The Morgan fingerprint density at radius 3 is 2.88 bits per heavy atom. The summed E-state index contributed by atoms with van der Waals surface area (Å²) in [5, 5.41) is 1.25. The van der Waals surface area contributed by atoms with Crippen molar-refractivity contribution in [1.29, 1.82) is 0 Å². The van der Waals surface area contributed by atoms with Crippen LogP contribution in [0, 0.1) is 5.92 Å². The molecule has 0 bridgehead atoms. The smallest absolute Gasteiger partial charge is 0.316 e. The monoisotopic (exact) mass is 226 g/mol. The van der Waals surface area contributed by atoms with E-state index >= 15 is 0 Å². The van der Waals surface area contributed by atoms with Crippen molar-refractivity contribution in [3.8, 4) is 0 Å². The molecule has 0 spiro atoms. The van der Waals surface area contributed by atoms with Crippen molar-refractivity contribution in [3.63, 3.8) is 0 Å². The quantitative estimate of drug-likeness (QED) is 0.432. The van der Waals surface area contributed by atoms with E-state index in [1.54, 1.807) is 7.05 Å². The highest BCUT2D eigenvalue weighted by molar-refractivity contribution is 5.79. The summed E-state index contributed by atoms with van der Waals surface area (Å²) in [6, 6.07) is 0. The number of alkyl halides is 1. The maximum absolute atomic E-state index is 13.6. The van der Waals surface area contributed by atoms with Crippen LogP contribution in [0.5, 0.6) is 0 Å². The molecule has 4 nitrogen and oxygen atoms in total. The Bertz CT molecular complexity index is 361. The normalized spacial score (nSPS) is 27.0. The minimum absolute atomic E-state index is 0.437. The van der Waals surface area contributed by atoms with Gasteiger partial charge in [-0.2, -0.15) is 0 Å². The van der Waals surface area contributed by atoms with Crippen molar-refractivity contribution in [3.05, 3.63) is 36.1 Å². The summed E-state index contributed by atoms with van der Waals surface area (Å²) >= 11 is 0. The number of methoxy groups -OCH3 is 1. The van der Waals surface area contributed by atoms with E-state index in [2.05, 4.69) is 11.3 Å². The van der Waals surface area contributed by atoms with Crippen LogP contribution < -0.4 is 5.84 Å². The minimum atomic E-state index is -1.41. The maximum atomic E-state index is 13.6. The van der Waals surface area contributed by atoms with Gasteiger partial charge < -0.3 is 9.75 Å². The summed E-state index contributed by atoms with van der Waals surface area (Å²) < 4.78 is 18.2. The first-order valence-corrected chi connectivity index (χ1v) is 4.76. The lowest BCUT2D eigenvalue weighted by Crippen LogP contribution is -2.32. The average Bonchev–Trinajstić information content (AvgIpc) is 2.22. The number of ether oxygens (including phenoxy) is 1. The number of allylic oxidation sites excluding steroid dienone is 3. The number of nitrogens with zero attached hydrogens (tertiary/aromatic N) is 1. The number of rotatable bonds is 2. The Balaban J connectivity index is 3.13. The van der Waals surface area contributed by atoms with E-state index in [0.29, 0.717) is 11.1 Å². The molecule has 2 unspecified atom stereocenters. The molecule has 2 N–H and O–H groups in total. The van der Waals surface area contributed by atoms with Gasteiger partial charge in [0.1, 0.15) is 12.1 Å². The molecule has 0 saturated heterocycles. The molecule has 0 radical (unpaired) electrons. The standard InChI is InChI=1S/C11H15FN2O2/c1-7-4-5-9(12)10(11(15)16-3)8(7)6-14(2)13/h4-6,9-10H,1,13H2,2-3H3/b8-6+. The van der Waals surface area contributed by atoms with Gasteiger partial charge in [-0.1, -0.05) is 12.7 Å². The first kappa shape index (κ1) is 12.4. The third-order valence-electron chi connectivity index (χ3n) is 2.30. The van der Waals surface area contributed by atoms with Crippen LogP contribution in [0.3, 0.4) is 0 Å². The molecule has 1 aliphatic rings. The van der Waals surface area contributed by atoms with Crippen LogP contribution in [-0.2, 0) is 9.53 Å². The summed E-state index contributed by atoms with van der Waals surface area (Å²) in [6.07, 6.45) is 2.88. The summed E-state index contributed by atoms with van der Waals surface area (Å²) in [5.41, 5.74) is 0.994. The van der Waals surface area contributed by atoms with Crippen LogP contribution in [0.25, 0.3) is 0 Å². The Labute approximate surface area is 93.8 Å². The predicted octanol–water partition coefficient (Wildman–Crippen LogP) is 0.929. The van der Waals surface area contributed by atoms with Crippen molar-refractivity contribution in [1.82, 2.24) is 5.01 Å². The van der Waals surface area contributed by atoms with Gasteiger partial charge in [0.05, 0.1) is 7.11 Å². The van der Waals surface area contributed by atoms with Crippen molar-refractivity contribution in [2.45, 2.75) is 6.17 Å². The molecule has 1 aliphatic carbocycles. The lowest BCUT2D eigenvalue weighted by molar-refractivity contribution is -0.145. The molecule has 0 aliphatic heterocycles. The Morgan fingerprint density at radius 1 is 1.75 bits per heavy atom. The Hall–Kier alpha value is -1.62. The van der Waals surface area contributed by atoms with Gasteiger partial charge in [0.15, 0.2) is 0 Å². The summed E-state index contributed by atoms with van der Waals surface area (Å²) in [6.45, 7) is 3.74. The van der Waals surface area contributed by atoms with Crippen LogP contribution in [0.2, 0.25) is 0 Å². The SMILES string of the molecule is C=C1C=CC(F)C(C(=O)OC)/C1=C/N(C)N. The molecule has 2 atom stereocenters.